The van der Waals surface area contributed by atoms with E-state index >= 15 is 0 Å². The Hall–Kier alpha value is -2.55. The van der Waals surface area contributed by atoms with Crippen LogP contribution >= 0.6 is 0 Å². The molecule has 0 saturated heterocycles. The van der Waals surface area contributed by atoms with Crippen molar-refractivity contribution < 1.29 is 19.1 Å². The van der Waals surface area contributed by atoms with Crippen LogP contribution in [0.2, 0.25) is 0 Å². The summed E-state index contributed by atoms with van der Waals surface area (Å²) in [6.07, 6.45) is 0.248. The van der Waals surface area contributed by atoms with Gasteiger partial charge >= 0.3 is 12.1 Å². The third kappa shape index (κ3) is 6.75. The summed E-state index contributed by atoms with van der Waals surface area (Å²) in [6.45, 7) is 5.49. The molecule has 0 bridgehead atoms. The number of rotatable bonds is 5. The zero-order valence-electron chi connectivity index (χ0n) is 13.0. The molecule has 0 heterocycles. The zero-order chi connectivity index (χ0) is 16.6. The first-order valence-electron chi connectivity index (χ1n) is 6.96. The first-order valence-corrected chi connectivity index (χ1v) is 6.96. The van der Waals surface area contributed by atoms with E-state index in [9.17, 15) is 9.59 Å². The van der Waals surface area contributed by atoms with Crippen LogP contribution in [0.3, 0.4) is 0 Å². The standard InChI is InChI=1S/C16H20N2O4/c1-16(2,3)22-15(20)18-13-8-6-7-12(11-13)14(19)21-10-5-4-9-17/h6-8,11H,4-5,10H2,1-3H3,(H,18,20). The van der Waals surface area contributed by atoms with Gasteiger partial charge in [0.05, 0.1) is 18.2 Å². The molecule has 0 aliphatic rings. The molecule has 6 nitrogen and oxygen atoms in total. The fraction of sp³-hybridized carbons (Fsp3) is 0.438. The summed E-state index contributed by atoms with van der Waals surface area (Å²) in [5.74, 6) is -0.495. The van der Waals surface area contributed by atoms with Crippen molar-refractivity contribution >= 4 is 17.7 Å². The molecular formula is C16H20N2O4. The third-order valence-corrected chi connectivity index (χ3v) is 2.41. The van der Waals surface area contributed by atoms with E-state index in [0.29, 0.717) is 24.1 Å². The van der Waals surface area contributed by atoms with E-state index < -0.39 is 17.7 Å². The second-order valence-corrected chi connectivity index (χ2v) is 5.61. The summed E-state index contributed by atoms with van der Waals surface area (Å²) in [4.78, 5) is 23.5. The number of nitriles is 1. The van der Waals surface area contributed by atoms with E-state index in [1.165, 1.54) is 6.07 Å². The predicted molar refractivity (Wildman–Crippen MR) is 81.4 cm³/mol. The Morgan fingerprint density at radius 3 is 2.68 bits per heavy atom. The highest BCUT2D eigenvalue weighted by Crippen LogP contribution is 2.14. The molecule has 0 unspecified atom stereocenters. The van der Waals surface area contributed by atoms with E-state index in [4.69, 9.17) is 14.7 Å². The maximum absolute atomic E-state index is 11.8. The second-order valence-electron chi connectivity index (χ2n) is 5.61. The Balaban J connectivity index is 2.60. The van der Waals surface area contributed by atoms with Gasteiger partial charge in [0.2, 0.25) is 0 Å². The number of amides is 1. The predicted octanol–water partition coefficient (Wildman–Crippen LogP) is 3.49. The molecule has 0 aliphatic heterocycles. The number of hydrogen-bond acceptors (Lipinski definition) is 5. The van der Waals surface area contributed by atoms with Crippen LogP contribution in [0.1, 0.15) is 44.0 Å². The summed E-state index contributed by atoms with van der Waals surface area (Å²) < 4.78 is 10.2. The highest BCUT2D eigenvalue weighted by atomic mass is 16.6. The average Bonchev–Trinajstić information content (AvgIpc) is 2.41. The molecule has 0 atom stereocenters. The van der Waals surface area contributed by atoms with E-state index in [0.717, 1.165) is 0 Å². The summed E-state index contributed by atoms with van der Waals surface area (Å²) in [7, 11) is 0. The SMILES string of the molecule is CC(C)(C)OC(=O)Nc1cccc(C(=O)OCCCC#N)c1. The summed E-state index contributed by atoms with van der Waals surface area (Å²) in [6, 6.07) is 8.37. The number of hydrogen-bond donors (Lipinski definition) is 1. The Morgan fingerprint density at radius 1 is 1.32 bits per heavy atom. The molecule has 0 spiro atoms. The van der Waals surface area contributed by atoms with Gasteiger partial charge in [-0.15, -0.1) is 0 Å². The van der Waals surface area contributed by atoms with Gasteiger partial charge in [-0.25, -0.2) is 9.59 Å². The molecule has 118 valence electrons. The van der Waals surface area contributed by atoms with Crippen molar-refractivity contribution in [2.45, 2.75) is 39.2 Å². The number of ether oxygens (including phenoxy) is 2. The molecule has 1 N–H and O–H groups in total. The lowest BCUT2D eigenvalue weighted by atomic mass is 10.2. The first-order chi connectivity index (χ1) is 10.3. The molecule has 0 saturated carbocycles. The third-order valence-electron chi connectivity index (χ3n) is 2.41. The van der Waals surface area contributed by atoms with Crippen LogP contribution in [-0.2, 0) is 9.47 Å². The molecule has 1 rings (SSSR count). The number of anilines is 1. The van der Waals surface area contributed by atoms with Gasteiger partial charge < -0.3 is 9.47 Å². The largest absolute Gasteiger partial charge is 0.462 e. The van der Waals surface area contributed by atoms with Crippen LogP contribution in [0, 0.1) is 11.3 Å². The van der Waals surface area contributed by atoms with Crippen molar-refractivity contribution in [1.82, 2.24) is 0 Å². The molecule has 0 fully saturated rings. The van der Waals surface area contributed by atoms with Gasteiger partial charge in [-0.3, -0.25) is 5.32 Å². The Kier molecular flexibility index (Phi) is 6.39. The Morgan fingerprint density at radius 2 is 2.05 bits per heavy atom. The number of esters is 1. The van der Waals surface area contributed by atoms with Crippen LogP contribution in [0.25, 0.3) is 0 Å². The molecule has 0 aliphatic carbocycles. The van der Waals surface area contributed by atoms with E-state index in [1.54, 1.807) is 39.0 Å². The van der Waals surface area contributed by atoms with E-state index in [1.807, 2.05) is 6.07 Å². The van der Waals surface area contributed by atoms with Crippen molar-refractivity contribution in [3.05, 3.63) is 29.8 Å². The lowest BCUT2D eigenvalue weighted by Crippen LogP contribution is -2.27. The van der Waals surface area contributed by atoms with Crippen LogP contribution in [0.15, 0.2) is 24.3 Å². The maximum Gasteiger partial charge on any atom is 0.412 e. The molecular weight excluding hydrogens is 284 g/mol. The van der Waals surface area contributed by atoms with Crippen molar-refractivity contribution in [3.8, 4) is 6.07 Å². The van der Waals surface area contributed by atoms with Crippen LogP contribution in [0.5, 0.6) is 0 Å². The Labute approximate surface area is 130 Å². The molecule has 1 amide bonds. The highest BCUT2D eigenvalue weighted by Gasteiger charge is 2.16. The van der Waals surface area contributed by atoms with Gasteiger partial charge in [0.25, 0.3) is 0 Å². The van der Waals surface area contributed by atoms with Gasteiger partial charge in [0, 0.05) is 12.1 Å². The molecule has 0 aromatic heterocycles. The smallest absolute Gasteiger partial charge is 0.412 e. The van der Waals surface area contributed by atoms with Gasteiger partial charge in [0.1, 0.15) is 5.60 Å². The van der Waals surface area contributed by atoms with Crippen LogP contribution in [0.4, 0.5) is 10.5 Å². The Bertz CT molecular complexity index is 570. The highest BCUT2D eigenvalue weighted by molar-refractivity contribution is 5.92. The minimum absolute atomic E-state index is 0.191. The molecule has 0 radical (unpaired) electrons. The fourth-order valence-electron chi connectivity index (χ4n) is 1.54. The second kappa shape index (κ2) is 8.03. The number of carbonyl (C=O) groups is 2. The quantitative estimate of drug-likeness (QED) is 0.664. The van der Waals surface area contributed by atoms with E-state index in [2.05, 4.69) is 5.32 Å². The minimum atomic E-state index is -0.596. The topological polar surface area (TPSA) is 88.4 Å². The molecule has 22 heavy (non-hydrogen) atoms. The monoisotopic (exact) mass is 304 g/mol. The summed E-state index contributed by atoms with van der Waals surface area (Å²) in [5, 5.41) is 11.0. The van der Waals surface area contributed by atoms with Crippen molar-refractivity contribution in [1.29, 1.82) is 5.26 Å². The maximum atomic E-state index is 11.8. The van der Waals surface area contributed by atoms with Crippen molar-refractivity contribution in [3.63, 3.8) is 0 Å². The van der Waals surface area contributed by atoms with Crippen LogP contribution < -0.4 is 5.32 Å². The number of nitrogens with one attached hydrogen (secondary N) is 1. The van der Waals surface area contributed by atoms with Gasteiger partial charge in [-0.2, -0.15) is 5.26 Å². The molecule has 1 aromatic carbocycles. The zero-order valence-corrected chi connectivity index (χ0v) is 13.0. The number of benzene rings is 1. The van der Waals surface area contributed by atoms with Crippen LogP contribution in [-0.4, -0.2) is 24.3 Å². The lowest BCUT2D eigenvalue weighted by Gasteiger charge is -2.19. The van der Waals surface area contributed by atoms with E-state index in [-0.39, 0.29) is 6.61 Å². The summed E-state index contributed by atoms with van der Waals surface area (Å²) >= 11 is 0. The average molecular weight is 304 g/mol. The fourth-order valence-corrected chi connectivity index (χ4v) is 1.54. The van der Waals surface area contributed by atoms with Crippen molar-refractivity contribution in [2.75, 3.05) is 11.9 Å². The number of carbonyl (C=O) groups excluding carboxylic acids is 2. The number of nitrogens with zero attached hydrogens (tertiary/aromatic N) is 1. The molecule has 1 aromatic rings. The minimum Gasteiger partial charge on any atom is -0.462 e. The van der Waals surface area contributed by atoms with Gasteiger partial charge in [0.15, 0.2) is 0 Å². The first kappa shape index (κ1) is 17.5. The van der Waals surface area contributed by atoms with Gasteiger partial charge in [-0.1, -0.05) is 6.07 Å². The van der Waals surface area contributed by atoms with Crippen molar-refractivity contribution in [2.24, 2.45) is 0 Å². The molecule has 6 heteroatoms. The summed E-state index contributed by atoms with van der Waals surface area (Å²) in [5.41, 5.74) is 0.174. The lowest BCUT2D eigenvalue weighted by molar-refractivity contribution is 0.0500. The normalized spacial score (nSPS) is 10.5. The number of unbranched alkanes of at least 4 members (excludes halogenated alkanes) is 1. The van der Waals surface area contributed by atoms with Gasteiger partial charge in [-0.05, 0) is 45.4 Å².